The van der Waals surface area contributed by atoms with Crippen molar-refractivity contribution < 1.29 is 27.9 Å². The summed E-state index contributed by atoms with van der Waals surface area (Å²) in [4.78, 5) is 28.0. The number of carboxylic acids is 1. The van der Waals surface area contributed by atoms with Crippen LogP contribution in [-0.2, 0) is 4.79 Å². The number of alkyl halides is 3. The minimum atomic E-state index is -5.08. The Morgan fingerprint density at radius 3 is 2.17 bits per heavy atom. The average Bonchev–Trinajstić information content (AvgIpc) is 2.42. The minimum absolute atomic E-state index is 0.00550. The largest absolute Gasteiger partial charge is 0.490 e. The van der Waals surface area contributed by atoms with Crippen molar-refractivity contribution in [2.75, 3.05) is 31.6 Å². The van der Waals surface area contributed by atoms with Gasteiger partial charge in [-0.05, 0) is 7.05 Å². The van der Waals surface area contributed by atoms with E-state index in [4.69, 9.17) is 33.0 Å². The number of hydrogen-bond donors (Lipinski definition) is 5. The summed E-state index contributed by atoms with van der Waals surface area (Å²) in [6.45, 7) is 1.10. The molecule has 0 unspecified atom stereocenters. The third-order valence-corrected chi connectivity index (χ3v) is 2.30. The Balaban J connectivity index is 0.000000585. The number of nitrogens with one attached hydrogen (secondary N) is 2. The molecule has 7 N–H and O–H groups in total. The third-order valence-electron chi connectivity index (χ3n) is 2.02. The molecule has 1 aromatic heterocycles. The monoisotopic (exact) mass is 358 g/mol. The predicted molar refractivity (Wildman–Crippen MR) is 75.8 cm³/mol. The van der Waals surface area contributed by atoms with E-state index in [1.807, 2.05) is 0 Å². The normalized spacial score (nSPS) is 10.5. The topological polar surface area (TPSA) is 156 Å². The van der Waals surface area contributed by atoms with Gasteiger partial charge < -0.3 is 27.2 Å². The fourth-order valence-corrected chi connectivity index (χ4v) is 1.12. The molecule has 13 heteroatoms. The Morgan fingerprint density at radius 2 is 1.74 bits per heavy atom. The standard InChI is InChI=1S/C8H13ClN6O.C2HF3O2/c1-12-2-3-13-8(16)4-6(10)15-7(11)5(9)14-4;3-2(4,5)1(6)7/h12H,2-3H2,1H3,(H,13,16)(H4,10,11,15);(H,6,7). The van der Waals surface area contributed by atoms with Gasteiger partial charge in [-0.2, -0.15) is 13.2 Å². The van der Waals surface area contributed by atoms with Crippen molar-refractivity contribution in [3.05, 3.63) is 10.8 Å². The van der Waals surface area contributed by atoms with E-state index in [-0.39, 0.29) is 22.5 Å². The summed E-state index contributed by atoms with van der Waals surface area (Å²) in [6, 6.07) is 0. The molecular weight excluding hydrogens is 345 g/mol. The van der Waals surface area contributed by atoms with Crippen LogP contribution < -0.4 is 22.1 Å². The lowest BCUT2D eigenvalue weighted by Crippen LogP contribution is -2.31. The van der Waals surface area contributed by atoms with Gasteiger partial charge in [0.25, 0.3) is 5.91 Å². The Bertz CT molecular complexity index is 570. The summed E-state index contributed by atoms with van der Waals surface area (Å²) < 4.78 is 31.7. The molecule has 0 aliphatic rings. The number of carbonyl (C=O) groups is 2. The summed E-state index contributed by atoms with van der Waals surface area (Å²) in [5.74, 6) is -3.22. The highest BCUT2D eigenvalue weighted by Crippen LogP contribution is 2.17. The number of nitrogen functional groups attached to an aromatic ring is 2. The molecule has 1 amide bonds. The van der Waals surface area contributed by atoms with Crippen LogP contribution in [0.4, 0.5) is 24.8 Å². The molecule has 0 radical (unpaired) electrons. The van der Waals surface area contributed by atoms with Crippen LogP contribution in [0.25, 0.3) is 0 Å². The summed E-state index contributed by atoms with van der Waals surface area (Å²) in [7, 11) is 1.78. The van der Waals surface area contributed by atoms with Gasteiger partial charge in [0, 0.05) is 13.1 Å². The second kappa shape index (κ2) is 8.95. The number of rotatable bonds is 4. The van der Waals surface area contributed by atoms with Gasteiger partial charge in [-0.3, -0.25) is 4.79 Å². The number of carbonyl (C=O) groups excluding carboxylic acids is 1. The maximum Gasteiger partial charge on any atom is 0.490 e. The van der Waals surface area contributed by atoms with Crippen LogP contribution in [0.15, 0.2) is 0 Å². The van der Waals surface area contributed by atoms with Gasteiger partial charge in [0.15, 0.2) is 22.5 Å². The molecule has 0 saturated carbocycles. The van der Waals surface area contributed by atoms with E-state index in [1.54, 1.807) is 7.05 Å². The van der Waals surface area contributed by atoms with E-state index in [2.05, 4.69) is 20.6 Å². The Labute approximate surface area is 133 Å². The molecule has 23 heavy (non-hydrogen) atoms. The molecule has 1 rings (SSSR count). The van der Waals surface area contributed by atoms with Crippen LogP contribution in [0.5, 0.6) is 0 Å². The maximum atomic E-state index is 11.6. The number of aliphatic carboxylic acids is 1. The SMILES string of the molecule is CNCCNC(=O)c1nc(Cl)c(N)nc1N.O=C(O)C(F)(F)F. The van der Waals surface area contributed by atoms with Gasteiger partial charge in [-0.25, -0.2) is 14.8 Å². The highest BCUT2D eigenvalue weighted by atomic mass is 35.5. The number of anilines is 2. The van der Waals surface area contributed by atoms with Crippen LogP contribution in [-0.4, -0.2) is 53.3 Å². The number of carboxylic acid groups (broad SMARTS) is 1. The molecular formula is C10H14ClF3N6O3. The van der Waals surface area contributed by atoms with Crippen LogP contribution in [0, 0.1) is 0 Å². The van der Waals surface area contributed by atoms with Crippen molar-refractivity contribution >= 4 is 35.1 Å². The number of likely N-dealkylation sites (N-methyl/N-ethyl adjacent to an activating group) is 1. The van der Waals surface area contributed by atoms with Gasteiger partial charge in [0.05, 0.1) is 0 Å². The molecule has 0 saturated heterocycles. The van der Waals surface area contributed by atoms with Crippen LogP contribution >= 0.6 is 11.6 Å². The molecule has 0 spiro atoms. The zero-order valence-electron chi connectivity index (χ0n) is 11.7. The fourth-order valence-electron chi connectivity index (χ4n) is 0.993. The van der Waals surface area contributed by atoms with Gasteiger partial charge in [0.1, 0.15) is 0 Å². The first kappa shape index (κ1) is 20.7. The number of amides is 1. The zero-order valence-corrected chi connectivity index (χ0v) is 12.5. The van der Waals surface area contributed by atoms with Gasteiger partial charge in [0.2, 0.25) is 0 Å². The predicted octanol–water partition coefficient (Wildman–Crippen LogP) is -0.123. The van der Waals surface area contributed by atoms with Crippen molar-refractivity contribution in [3.63, 3.8) is 0 Å². The number of nitrogens with two attached hydrogens (primary N) is 2. The lowest BCUT2D eigenvalue weighted by Gasteiger charge is -2.07. The maximum absolute atomic E-state index is 11.6. The molecule has 0 fully saturated rings. The van der Waals surface area contributed by atoms with Crippen molar-refractivity contribution in [3.8, 4) is 0 Å². The van der Waals surface area contributed by atoms with Crippen molar-refractivity contribution in [1.82, 2.24) is 20.6 Å². The smallest absolute Gasteiger partial charge is 0.475 e. The van der Waals surface area contributed by atoms with Crippen LogP contribution in [0.3, 0.4) is 0 Å². The highest BCUT2D eigenvalue weighted by molar-refractivity contribution is 6.31. The number of halogens is 4. The van der Waals surface area contributed by atoms with Crippen LogP contribution in [0.1, 0.15) is 10.5 Å². The number of nitrogens with zero attached hydrogens (tertiary/aromatic N) is 2. The molecule has 0 aliphatic heterocycles. The van der Waals surface area contributed by atoms with Crippen molar-refractivity contribution in [1.29, 1.82) is 0 Å². The zero-order chi connectivity index (χ0) is 18.2. The summed E-state index contributed by atoms with van der Waals surface area (Å²) in [6.07, 6.45) is -5.08. The first-order valence-corrected chi connectivity index (χ1v) is 6.19. The van der Waals surface area contributed by atoms with Crippen LogP contribution in [0.2, 0.25) is 5.15 Å². The summed E-state index contributed by atoms with van der Waals surface area (Å²) in [5.41, 5.74) is 10.9. The number of hydrogen-bond acceptors (Lipinski definition) is 7. The van der Waals surface area contributed by atoms with E-state index in [9.17, 15) is 18.0 Å². The Morgan fingerprint density at radius 1 is 1.22 bits per heavy atom. The van der Waals surface area contributed by atoms with E-state index in [0.29, 0.717) is 13.1 Å². The first-order valence-electron chi connectivity index (χ1n) is 5.82. The Hall–Kier alpha value is -2.34. The quantitative estimate of drug-likeness (QED) is 0.466. The molecule has 1 aromatic rings. The molecule has 0 aromatic carbocycles. The van der Waals surface area contributed by atoms with Crippen molar-refractivity contribution in [2.45, 2.75) is 6.18 Å². The minimum Gasteiger partial charge on any atom is -0.475 e. The van der Waals surface area contributed by atoms with E-state index in [1.165, 1.54) is 0 Å². The molecule has 1 heterocycles. The molecule has 0 atom stereocenters. The lowest BCUT2D eigenvalue weighted by molar-refractivity contribution is -0.192. The molecule has 130 valence electrons. The molecule has 0 aliphatic carbocycles. The van der Waals surface area contributed by atoms with Gasteiger partial charge >= 0.3 is 12.1 Å². The van der Waals surface area contributed by atoms with E-state index in [0.717, 1.165) is 0 Å². The van der Waals surface area contributed by atoms with Gasteiger partial charge in [-0.1, -0.05) is 11.6 Å². The average molecular weight is 359 g/mol. The molecule has 0 bridgehead atoms. The van der Waals surface area contributed by atoms with Gasteiger partial charge in [-0.15, -0.1) is 0 Å². The van der Waals surface area contributed by atoms with E-state index < -0.39 is 18.1 Å². The number of aromatic nitrogens is 2. The first-order chi connectivity index (χ1) is 10.5. The Kier molecular flexibility index (Phi) is 8.04. The third kappa shape index (κ3) is 7.46. The second-order valence-electron chi connectivity index (χ2n) is 3.80. The van der Waals surface area contributed by atoms with E-state index >= 15 is 0 Å². The summed E-state index contributed by atoms with van der Waals surface area (Å²) >= 11 is 5.64. The fraction of sp³-hybridized carbons (Fsp3) is 0.400. The highest BCUT2D eigenvalue weighted by Gasteiger charge is 2.38. The summed E-state index contributed by atoms with van der Waals surface area (Å²) in [5, 5.41) is 12.6. The second-order valence-corrected chi connectivity index (χ2v) is 4.15. The molecule has 9 nitrogen and oxygen atoms in total. The van der Waals surface area contributed by atoms with Crippen molar-refractivity contribution in [2.24, 2.45) is 0 Å². The lowest BCUT2D eigenvalue weighted by atomic mass is 10.3.